The van der Waals surface area contributed by atoms with Gasteiger partial charge in [0.1, 0.15) is 5.78 Å². The fourth-order valence-electron chi connectivity index (χ4n) is 6.19. The zero-order chi connectivity index (χ0) is 22.6. The fraction of sp³-hybridized carbons (Fsp3) is 0.500. The third-order valence-electron chi connectivity index (χ3n) is 7.98. The van der Waals surface area contributed by atoms with Crippen molar-refractivity contribution < 1.29 is 4.79 Å². The van der Waals surface area contributed by atoms with E-state index in [1.807, 2.05) is 0 Å². The molecule has 174 valence electrons. The summed E-state index contributed by atoms with van der Waals surface area (Å²) in [6.07, 6.45) is 11.4. The first kappa shape index (κ1) is 22.4. The van der Waals surface area contributed by atoms with Crippen LogP contribution in [0.15, 0.2) is 54.7 Å². The molecule has 1 saturated carbocycles. The van der Waals surface area contributed by atoms with Crippen molar-refractivity contribution >= 4 is 16.7 Å². The highest BCUT2D eigenvalue weighted by molar-refractivity contribution is 5.87. The van der Waals surface area contributed by atoms with Gasteiger partial charge in [-0.1, -0.05) is 60.9 Å². The molecule has 3 nitrogen and oxygen atoms in total. The van der Waals surface area contributed by atoms with Crippen molar-refractivity contribution in [1.29, 1.82) is 0 Å². The number of aryl methyl sites for hydroxylation is 1. The van der Waals surface area contributed by atoms with Gasteiger partial charge in [0.25, 0.3) is 0 Å². The van der Waals surface area contributed by atoms with Gasteiger partial charge in [-0.25, -0.2) is 0 Å². The van der Waals surface area contributed by atoms with Crippen molar-refractivity contribution in [3.05, 3.63) is 71.4 Å². The Bertz CT molecular complexity index is 1090. The van der Waals surface area contributed by atoms with Crippen LogP contribution in [-0.2, 0) is 11.3 Å². The lowest BCUT2D eigenvalue weighted by molar-refractivity contribution is -0.120. The van der Waals surface area contributed by atoms with E-state index >= 15 is 0 Å². The molecule has 0 spiro atoms. The number of nitrogens with one attached hydrogen (secondary N) is 1. The average Bonchev–Trinajstić information content (AvgIpc) is 3.47. The summed E-state index contributed by atoms with van der Waals surface area (Å²) in [7, 11) is 0. The molecule has 1 N–H and O–H groups in total. The SMILES string of the molecule is Cc1cccc(C(CC(=O)CC2CCNCC2)c2cn(CC3CCCC3)c3ccccc23)c1. The fourth-order valence-corrected chi connectivity index (χ4v) is 6.19. The quantitative estimate of drug-likeness (QED) is 0.425. The molecular weight excluding hydrogens is 404 g/mol. The van der Waals surface area contributed by atoms with Gasteiger partial charge in [-0.3, -0.25) is 4.79 Å². The number of rotatable bonds is 8. The number of piperidine rings is 1. The standard InChI is InChI=1S/C30H38N2O/c1-22-7-6-10-25(17-22)28(19-26(33)18-23-13-15-31-16-14-23)29-21-32(20-24-8-2-3-9-24)30-12-5-4-11-27(29)30/h4-7,10-12,17,21,23-24,28,31H,2-3,8-9,13-16,18-20H2,1H3. The molecule has 3 aromatic rings. The summed E-state index contributed by atoms with van der Waals surface area (Å²) in [6.45, 7) is 5.35. The summed E-state index contributed by atoms with van der Waals surface area (Å²) >= 11 is 0. The highest BCUT2D eigenvalue weighted by Crippen LogP contribution is 2.37. The average molecular weight is 443 g/mol. The molecule has 1 saturated heterocycles. The number of aromatic nitrogens is 1. The first-order valence-electron chi connectivity index (χ1n) is 13.0. The number of carbonyl (C=O) groups excluding carboxylic acids is 1. The molecular formula is C30H38N2O. The second-order valence-electron chi connectivity index (χ2n) is 10.5. The molecule has 1 unspecified atom stereocenters. The van der Waals surface area contributed by atoms with Gasteiger partial charge in [0.05, 0.1) is 0 Å². The molecule has 2 heterocycles. The Hall–Kier alpha value is -2.39. The molecule has 0 bridgehead atoms. The number of para-hydroxylation sites is 1. The smallest absolute Gasteiger partial charge is 0.134 e. The van der Waals surface area contributed by atoms with Crippen molar-refractivity contribution in [3.8, 4) is 0 Å². The van der Waals surface area contributed by atoms with Crippen molar-refractivity contribution in [1.82, 2.24) is 9.88 Å². The largest absolute Gasteiger partial charge is 0.347 e. The maximum absolute atomic E-state index is 13.3. The summed E-state index contributed by atoms with van der Waals surface area (Å²) in [4.78, 5) is 13.3. The van der Waals surface area contributed by atoms with E-state index in [-0.39, 0.29) is 5.92 Å². The Morgan fingerprint density at radius 1 is 1.00 bits per heavy atom. The molecule has 0 amide bonds. The number of hydrogen-bond donors (Lipinski definition) is 1. The Balaban J connectivity index is 1.48. The molecule has 0 radical (unpaired) electrons. The Morgan fingerprint density at radius 2 is 1.79 bits per heavy atom. The molecule has 2 aliphatic rings. The van der Waals surface area contributed by atoms with Crippen molar-refractivity contribution in [2.45, 2.75) is 70.8 Å². The number of carbonyl (C=O) groups is 1. The lowest BCUT2D eigenvalue weighted by Gasteiger charge is -2.23. The van der Waals surface area contributed by atoms with Crippen LogP contribution in [0, 0.1) is 18.8 Å². The number of nitrogens with zero attached hydrogens (tertiary/aromatic N) is 1. The predicted molar refractivity (Wildman–Crippen MR) is 137 cm³/mol. The van der Waals surface area contributed by atoms with Crippen LogP contribution in [-0.4, -0.2) is 23.4 Å². The second kappa shape index (κ2) is 10.3. The van der Waals surface area contributed by atoms with E-state index in [0.717, 1.165) is 44.8 Å². The highest BCUT2D eigenvalue weighted by atomic mass is 16.1. The number of fused-ring (bicyclic) bond motifs is 1. The van der Waals surface area contributed by atoms with Crippen LogP contribution in [0.3, 0.4) is 0 Å². The van der Waals surface area contributed by atoms with E-state index in [2.05, 4.69) is 71.5 Å². The van der Waals surface area contributed by atoms with Gasteiger partial charge in [0, 0.05) is 42.4 Å². The summed E-state index contributed by atoms with van der Waals surface area (Å²) in [5.74, 6) is 1.86. The molecule has 33 heavy (non-hydrogen) atoms. The Labute approximate surface area is 198 Å². The molecule has 2 fully saturated rings. The van der Waals surface area contributed by atoms with E-state index in [1.54, 1.807) is 0 Å². The van der Waals surface area contributed by atoms with Gasteiger partial charge >= 0.3 is 0 Å². The summed E-state index contributed by atoms with van der Waals surface area (Å²) in [5.41, 5.74) is 5.19. The van der Waals surface area contributed by atoms with Gasteiger partial charge in [-0.05, 0) is 74.7 Å². The van der Waals surface area contributed by atoms with E-state index in [1.165, 1.54) is 53.3 Å². The van der Waals surface area contributed by atoms with Crippen molar-refractivity contribution in [2.24, 2.45) is 11.8 Å². The lowest BCUT2D eigenvalue weighted by Crippen LogP contribution is -2.29. The highest BCUT2D eigenvalue weighted by Gasteiger charge is 2.26. The molecule has 5 rings (SSSR count). The van der Waals surface area contributed by atoms with E-state index in [4.69, 9.17) is 0 Å². The number of benzene rings is 2. The predicted octanol–water partition coefficient (Wildman–Crippen LogP) is 6.62. The van der Waals surface area contributed by atoms with Crippen LogP contribution in [0.5, 0.6) is 0 Å². The lowest BCUT2D eigenvalue weighted by atomic mass is 9.83. The first-order chi connectivity index (χ1) is 16.2. The van der Waals surface area contributed by atoms with Gasteiger partial charge < -0.3 is 9.88 Å². The third kappa shape index (κ3) is 5.24. The van der Waals surface area contributed by atoms with Gasteiger partial charge in [0.2, 0.25) is 0 Å². The van der Waals surface area contributed by atoms with Gasteiger partial charge in [-0.2, -0.15) is 0 Å². The van der Waals surface area contributed by atoms with Crippen LogP contribution < -0.4 is 5.32 Å². The first-order valence-corrected chi connectivity index (χ1v) is 13.0. The number of hydrogen-bond acceptors (Lipinski definition) is 2. The van der Waals surface area contributed by atoms with Crippen LogP contribution in [0.25, 0.3) is 10.9 Å². The normalized spacial score (nSPS) is 18.7. The van der Waals surface area contributed by atoms with Gasteiger partial charge in [0.15, 0.2) is 0 Å². The van der Waals surface area contributed by atoms with E-state index < -0.39 is 0 Å². The zero-order valence-electron chi connectivity index (χ0n) is 20.1. The topological polar surface area (TPSA) is 34.0 Å². The third-order valence-corrected chi connectivity index (χ3v) is 7.98. The van der Waals surface area contributed by atoms with Crippen LogP contribution in [0.2, 0.25) is 0 Å². The van der Waals surface area contributed by atoms with Gasteiger partial charge in [-0.15, -0.1) is 0 Å². The van der Waals surface area contributed by atoms with Crippen molar-refractivity contribution in [2.75, 3.05) is 13.1 Å². The molecule has 2 aromatic carbocycles. The number of Topliss-reactive ketones (excluding diaryl/α,β-unsaturated/α-hetero) is 1. The summed E-state index contributed by atoms with van der Waals surface area (Å²) in [5, 5.41) is 4.74. The monoisotopic (exact) mass is 442 g/mol. The van der Waals surface area contributed by atoms with Crippen LogP contribution in [0.4, 0.5) is 0 Å². The number of ketones is 1. The van der Waals surface area contributed by atoms with Crippen LogP contribution >= 0.6 is 0 Å². The molecule has 1 aliphatic heterocycles. The molecule has 1 aromatic heterocycles. The minimum absolute atomic E-state index is 0.119. The van der Waals surface area contributed by atoms with E-state index in [9.17, 15) is 4.79 Å². The summed E-state index contributed by atoms with van der Waals surface area (Å²) < 4.78 is 2.49. The Kier molecular flexibility index (Phi) is 6.96. The van der Waals surface area contributed by atoms with Crippen molar-refractivity contribution in [3.63, 3.8) is 0 Å². The summed E-state index contributed by atoms with van der Waals surface area (Å²) in [6, 6.07) is 17.6. The minimum atomic E-state index is 0.119. The molecule has 1 atom stereocenters. The van der Waals surface area contributed by atoms with Crippen LogP contribution in [0.1, 0.15) is 74.0 Å². The molecule has 1 aliphatic carbocycles. The zero-order valence-corrected chi connectivity index (χ0v) is 20.1. The minimum Gasteiger partial charge on any atom is -0.347 e. The maximum atomic E-state index is 13.3. The Morgan fingerprint density at radius 3 is 2.58 bits per heavy atom. The van der Waals surface area contributed by atoms with E-state index in [0.29, 0.717) is 18.1 Å². The molecule has 3 heteroatoms. The maximum Gasteiger partial charge on any atom is 0.134 e. The second-order valence-corrected chi connectivity index (χ2v) is 10.5.